The molecule has 2 N–H and O–H groups in total. The van der Waals surface area contributed by atoms with Gasteiger partial charge in [0.05, 0.1) is 14.2 Å². The lowest BCUT2D eigenvalue weighted by Gasteiger charge is -1.99. The van der Waals surface area contributed by atoms with Crippen molar-refractivity contribution in [3.63, 3.8) is 0 Å². The molecule has 2 aromatic carbocycles. The predicted molar refractivity (Wildman–Crippen MR) is 103 cm³/mol. The fourth-order valence-corrected chi connectivity index (χ4v) is 3.44. The highest BCUT2D eigenvalue weighted by atomic mass is 127. The first kappa shape index (κ1) is 16.1. The number of aliphatic imine (C=N–C) groups is 1. The maximum Gasteiger partial charge on any atom is 0.264 e. The van der Waals surface area contributed by atoms with E-state index in [1.54, 1.807) is 18.2 Å². The monoisotopic (exact) mass is 436 g/mol. The first-order chi connectivity index (χ1) is 11.0. The fourth-order valence-electron chi connectivity index (χ4n) is 2.06. The third-order valence-corrected chi connectivity index (χ3v) is 4.93. The van der Waals surface area contributed by atoms with Crippen LogP contribution in [0.3, 0.4) is 0 Å². The number of amidine groups is 1. The fraction of sp³-hybridized carbons (Fsp3) is 0.0588. The van der Waals surface area contributed by atoms with Gasteiger partial charge in [0, 0.05) is 0 Å². The zero-order chi connectivity index (χ0) is 16.4. The van der Waals surface area contributed by atoms with Crippen LogP contribution in [0.1, 0.15) is 11.1 Å². The van der Waals surface area contributed by atoms with Crippen LogP contribution in [0, 0.1) is 10.5 Å². The quantitative estimate of drug-likeness (QED) is 0.548. The molecule has 0 unspecified atom stereocenters. The zero-order valence-electron chi connectivity index (χ0n) is 12.2. The van der Waals surface area contributed by atoms with E-state index in [1.165, 1.54) is 11.8 Å². The van der Waals surface area contributed by atoms with Gasteiger partial charge in [0.25, 0.3) is 5.91 Å². The second-order valence-corrected chi connectivity index (χ2v) is 7.22. The molecule has 1 heterocycles. The lowest BCUT2D eigenvalue weighted by molar-refractivity contribution is -0.115. The number of nitrogens with zero attached hydrogens (tertiary/aromatic N) is 1. The van der Waals surface area contributed by atoms with Gasteiger partial charge in [-0.1, -0.05) is 18.2 Å². The van der Waals surface area contributed by atoms with Crippen LogP contribution in [-0.4, -0.2) is 16.2 Å². The number of halogens is 1. The molecule has 116 valence electrons. The number of aryl methyl sites for hydroxylation is 1. The first-order valence-corrected chi connectivity index (χ1v) is 8.75. The number of phenolic OH excluding ortho intramolecular Hbond substituents is 1. The summed E-state index contributed by atoms with van der Waals surface area (Å²) in [5.41, 5.74) is 2.80. The molecule has 0 aliphatic carbocycles. The Kier molecular flexibility index (Phi) is 4.72. The van der Waals surface area contributed by atoms with Gasteiger partial charge in [0.1, 0.15) is 5.75 Å². The molecular formula is C17H13IN2O2S. The highest BCUT2D eigenvalue weighted by Gasteiger charge is 2.23. The molecule has 1 amide bonds. The van der Waals surface area contributed by atoms with Crippen LogP contribution < -0.4 is 5.32 Å². The van der Waals surface area contributed by atoms with Crippen LogP contribution in [0.15, 0.2) is 52.4 Å². The number of amides is 1. The van der Waals surface area contributed by atoms with Gasteiger partial charge in [-0.05, 0) is 82.7 Å². The Hall–Kier alpha value is -1.80. The molecule has 3 rings (SSSR count). The Morgan fingerprint density at radius 2 is 2.09 bits per heavy atom. The molecule has 1 fully saturated rings. The van der Waals surface area contributed by atoms with Crippen LogP contribution in [0.5, 0.6) is 5.75 Å². The van der Waals surface area contributed by atoms with Gasteiger partial charge in [-0.3, -0.25) is 4.79 Å². The summed E-state index contributed by atoms with van der Waals surface area (Å²) in [4.78, 5) is 17.1. The molecule has 1 aliphatic rings. The van der Waals surface area contributed by atoms with Gasteiger partial charge >= 0.3 is 0 Å². The van der Waals surface area contributed by atoms with Crippen molar-refractivity contribution in [2.45, 2.75) is 6.92 Å². The number of hydrogen-bond acceptors (Lipinski definition) is 4. The van der Waals surface area contributed by atoms with Crippen molar-refractivity contribution in [1.82, 2.24) is 5.32 Å². The SMILES string of the molecule is Cc1cccc(N=C2NC(=O)/C(=C/c3ccc(O)c(I)c3)S2)c1. The largest absolute Gasteiger partial charge is 0.507 e. The second-order valence-electron chi connectivity index (χ2n) is 5.03. The third-order valence-electron chi connectivity index (χ3n) is 3.15. The molecule has 1 saturated heterocycles. The Morgan fingerprint density at radius 3 is 2.83 bits per heavy atom. The summed E-state index contributed by atoms with van der Waals surface area (Å²) in [5.74, 6) is 0.0717. The van der Waals surface area contributed by atoms with Gasteiger partial charge in [0.2, 0.25) is 0 Å². The van der Waals surface area contributed by atoms with Gasteiger partial charge in [-0.2, -0.15) is 0 Å². The van der Waals surface area contributed by atoms with E-state index in [9.17, 15) is 9.90 Å². The molecular weight excluding hydrogens is 423 g/mol. The summed E-state index contributed by atoms with van der Waals surface area (Å²) in [6.07, 6.45) is 1.79. The number of thioether (sulfide) groups is 1. The van der Waals surface area contributed by atoms with E-state index in [0.717, 1.165) is 20.4 Å². The average molecular weight is 436 g/mol. The minimum absolute atomic E-state index is 0.163. The molecule has 0 saturated carbocycles. The number of phenols is 1. The molecule has 0 atom stereocenters. The summed E-state index contributed by atoms with van der Waals surface area (Å²) < 4.78 is 0.744. The minimum atomic E-state index is -0.163. The summed E-state index contributed by atoms with van der Waals surface area (Å²) in [6.45, 7) is 2.00. The van der Waals surface area contributed by atoms with Crippen molar-refractivity contribution in [2.75, 3.05) is 0 Å². The maximum absolute atomic E-state index is 12.1. The van der Waals surface area contributed by atoms with Crippen molar-refractivity contribution < 1.29 is 9.90 Å². The summed E-state index contributed by atoms with van der Waals surface area (Å²) in [5, 5.41) is 12.9. The minimum Gasteiger partial charge on any atom is -0.507 e. The van der Waals surface area contributed by atoms with E-state index in [2.05, 4.69) is 32.9 Å². The summed E-state index contributed by atoms with van der Waals surface area (Å²) in [6, 6.07) is 13.0. The van der Waals surface area contributed by atoms with Crippen molar-refractivity contribution >= 4 is 57.2 Å². The van der Waals surface area contributed by atoms with Gasteiger partial charge in [-0.15, -0.1) is 0 Å². The van der Waals surface area contributed by atoms with Crippen LogP contribution in [0.25, 0.3) is 6.08 Å². The van der Waals surface area contributed by atoms with E-state index >= 15 is 0 Å². The Balaban J connectivity index is 1.84. The van der Waals surface area contributed by atoms with E-state index in [4.69, 9.17) is 0 Å². The van der Waals surface area contributed by atoms with Gasteiger partial charge < -0.3 is 10.4 Å². The van der Waals surface area contributed by atoms with Crippen molar-refractivity contribution in [3.05, 3.63) is 62.1 Å². The maximum atomic E-state index is 12.1. The van der Waals surface area contributed by atoms with Crippen LogP contribution in [0.4, 0.5) is 5.69 Å². The highest BCUT2D eigenvalue weighted by Crippen LogP contribution is 2.29. The molecule has 6 heteroatoms. The molecule has 1 aliphatic heterocycles. The molecule has 23 heavy (non-hydrogen) atoms. The van der Waals surface area contributed by atoms with E-state index < -0.39 is 0 Å². The number of carbonyl (C=O) groups excluding carboxylic acids is 1. The number of rotatable bonds is 2. The molecule has 0 aromatic heterocycles. The third kappa shape index (κ3) is 3.94. The van der Waals surface area contributed by atoms with Crippen molar-refractivity contribution in [3.8, 4) is 5.75 Å². The van der Waals surface area contributed by atoms with Gasteiger partial charge in [0.15, 0.2) is 5.17 Å². The van der Waals surface area contributed by atoms with Crippen molar-refractivity contribution in [2.24, 2.45) is 4.99 Å². The van der Waals surface area contributed by atoms with Crippen LogP contribution in [0.2, 0.25) is 0 Å². The van der Waals surface area contributed by atoms with E-state index in [1.807, 2.05) is 37.3 Å². The zero-order valence-corrected chi connectivity index (χ0v) is 15.2. The smallest absolute Gasteiger partial charge is 0.264 e. The Labute approximate surface area is 151 Å². The highest BCUT2D eigenvalue weighted by molar-refractivity contribution is 14.1. The number of aromatic hydroxyl groups is 1. The standard InChI is InChI=1S/C17H13IN2O2S/c1-10-3-2-4-12(7-10)19-17-20-16(22)15(23-17)9-11-5-6-14(21)13(18)8-11/h2-9,21H,1H3,(H,19,20,22)/b15-9-. The molecule has 0 spiro atoms. The van der Waals surface area contributed by atoms with Crippen LogP contribution >= 0.6 is 34.4 Å². The Bertz CT molecular complexity index is 846. The predicted octanol–water partition coefficient (Wildman–Crippen LogP) is 4.20. The number of benzene rings is 2. The summed E-state index contributed by atoms with van der Waals surface area (Å²) in [7, 11) is 0. The average Bonchev–Trinajstić information content (AvgIpc) is 2.83. The molecule has 0 bridgehead atoms. The summed E-state index contributed by atoms with van der Waals surface area (Å²) >= 11 is 3.36. The topological polar surface area (TPSA) is 61.7 Å². The van der Waals surface area contributed by atoms with E-state index in [0.29, 0.717) is 10.1 Å². The van der Waals surface area contributed by atoms with Crippen molar-refractivity contribution in [1.29, 1.82) is 0 Å². The number of nitrogens with one attached hydrogen (secondary N) is 1. The number of carbonyl (C=O) groups is 1. The normalized spacial score (nSPS) is 17.7. The lowest BCUT2D eigenvalue weighted by atomic mass is 10.2. The van der Waals surface area contributed by atoms with E-state index in [-0.39, 0.29) is 11.7 Å². The Morgan fingerprint density at radius 1 is 1.26 bits per heavy atom. The van der Waals surface area contributed by atoms with Gasteiger partial charge in [-0.25, -0.2) is 4.99 Å². The lowest BCUT2D eigenvalue weighted by Crippen LogP contribution is -2.19. The first-order valence-electron chi connectivity index (χ1n) is 6.86. The molecule has 4 nitrogen and oxygen atoms in total. The molecule has 2 aromatic rings. The molecule has 0 radical (unpaired) electrons. The van der Waals surface area contributed by atoms with Crippen LogP contribution in [-0.2, 0) is 4.79 Å². The number of hydrogen-bond donors (Lipinski definition) is 2. The second kappa shape index (κ2) is 6.76.